The van der Waals surface area contributed by atoms with Gasteiger partial charge in [0, 0.05) is 6.42 Å². The van der Waals surface area contributed by atoms with Crippen molar-refractivity contribution < 1.29 is 13.2 Å². The lowest BCUT2D eigenvalue weighted by Crippen LogP contribution is -2.14. The van der Waals surface area contributed by atoms with Gasteiger partial charge in [0.05, 0.1) is 5.75 Å². The minimum Gasteiger partial charge on any atom is -0.490 e. The number of hydrogen-bond acceptors (Lipinski definition) is 3. The Morgan fingerprint density at radius 2 is 2.22 bits per heavy atom. The van der Waals surface area contributed by atoms with E-state index in [0.29, 0.717) is 0 Å². The second kappa shape index (κ2) is 5.28. The molecule has 18 heavy (non-hydrogen) atoms. The highest BCUT2D eigenvalue weighted by molar-refractivity contribution is 7.88. The normalized spacial score (nSPS) is 18.4. The summed E-state index contributed by atoms with van der Waals surface area (Å²) in [6.45, 7) is 2.16. The van der Waals surface area contributed by atoms with Gasteiger partial charge in [-0.15, -0.1) is 0 Å². The molecular weight excluding hydrogens is 250 g/mol. The van der Waals surface area contributed by atoms with Crippen LogP contribution in [0.5, 0.6) is 5.75 Å². The Morgan fingerprint density at radius 1 is 1.44 bits per heavy atom. The molecule has 0 spiro atoms. The van der Waals surface area contributed by atoms with Crippen molar-refractivity contribution >= 4 is 10.0 Å². The maximum absolute atomic E-state index is 11.1. The van der Waals surface area contributed by atoms with Gasteiger partial charge in [-0.1, -0.05) is 31.9 Å². The van der Waals surface area contributed by atoms with Crippen molar-refractivity contribution in [2.24, 2.45) is 5.14 Å². The molecule has 0 fully saturated rings. The molecule has 1 heterocycles. The molecule has 0 bridgehead atoms. The molecule has 2 rings (SSSR count). The van der Waals surface area contributed by atoms with E-state index in [2.05, 4.69) is 6.92 Å². The molecule has 1 unspecified atom stereocenters. The second-order valence-corrected chi connectivity index (χ2v) is 6.45. The highest BCUT2D eigenvalue weighted by atomic mass is 32.2. The number of rotatable bonds is 5. The van der Waals surface area contributed by atoms with Crippen LogP contribution in [-0.2, 0) is 22.2 Å². The Morgan fingerprint density at radius 3 is 2.89 bits per heavy atom. The van der Waals surface area contributed by atoms with Crippen LogP contribution in [0.1, 0.15) is 37.3 Å². The first kappa shape index (κ1) is 13.4. The predicted octanol–water partition coefficient (Wildman–Crippen LogP) is 1.97. The average Bonchev–Trinajstić information content (AvgIpc) is 2.66. The average molecular weight is 269 g/mol. The van der Waals surface area contributed by atoms with Crippen LogP contribution < -0.4 is 9.88 Å². The van der Waals surface area contributed by atoms with Gasteiger partial charge in [-0.3, -0.25) is 0 Å². The summed E-state index contributed by atoms with van der Waals surface area (Å²) < 4.78 is 27.9. The van der Waals surface area contributed by atoms with Crippen molar-refractivity contribution in [3.05, 3.63) is 29.3 Å². The Bertz CT molecular complexity index is 525. The summed E-state index contributed by atoms with van der Waals surface area (Å²) in [5, 5.41) is 5.05. The maximum atomic E-state index is 11.1. The number of sulfonamides is 1. The molecule has 1 aromatic rings. The third kappa shape index (κ3) is 3.46. The van der Waals surface area contributed by atoms with Gasteiger partial charge in [-0.05, 0) is 23.6 Å². The summed E-state index contributed by atoms with van der Waals surface area (Å²) in [6.07, 6.45) is 4.48. The number of fused-ring (bicyclic) bond motifs is 1. The van der Waals surface area contributed by atoms with Crippen LogP contribution in [0.3, 0.4) is 0 Å². The number of hydrogen-bond donors (Lipinski definition) is 1. The molecule has 4 nitrogen and oxygen atoms in total. The zero-order valence-corrected chi connectivity index (χ0v) is 11.4. The molecular formula is C13H19NO3S. The van der Waals surface area contributed by atoms with E-state index in [1.807, 2.05) is 12.1 Å². The monoisotopic (exact) mass is 269 g/mol. The van der Waals surface area contributed by atoms with Gasteiger partial charge in [0.25, 0.3) is 0 Å². The first-order valence-corrected chi connectivity index (χ1v) is 7.98. The van der Waals surface area contributed by atoms with Crippen molar-refractivity contribution in [2.45, 2.75) is 44.5 Å². The topological polar surface area (TPSA) is 69.4 Å². The van der Waals surface area contributed by atoms with Crippen molar-refractivity contribution in [1.82, 2.24) is 0 Å². The van der Waals surface area contributed by atoms with E-state index in [4.69, 9.17) is 9.88 Å². The number of unbranched alkanes of at least 4 members (excludes halogenated alkanes) is 1. The van der Waals surface area contributed by atoms with Gasteiger partial charge in [-0.25, -0.2) is 13.6 Å². The zero-order chi connectivity index (χ0) is 13.2. The van der Waals surface area contributed by atoms with Crippen LogP contribution in [-0.4, -0.2) is 14.5 Å². The molecule has 1 aliphatic heterocycles. The van der Waals surface area contributed by atoms with Gasteiger partial charge in [0.2, 0.25) is 10.0 Å². The smallest absolute Gasteiger partial charge is 0.213 e. The summed E-state index contributed by atoms with van der Waals surface area (Å²) in [7, 11) is -3.46. The van der Waals surface area contributed by atoms with Crippen molar-refractivity contribution in [1.29, 1.82) is 0 Å². The summed E-state index contributed by atoms with van der Waals surface area (Å²) in [4.78, 5) is 0. The highest BCUT2D eigenvalue weighted by Crippen LogP contribution is 2.31. The lowest BCUT2D eigenvalue weighted by atomic mass is 10.0. The fourth-order valence-electron chi connectivity index (χ4n) is 2.29. The maximum Gasteiger partial charge on any atom is 0.213 e. The van der Waals surface area contributed by atoms with Crippen LogP contribution in [0.2, 0.25) is 0 Å². The molecule has 0 saturated heterocycles. The Labute approximate surface area is 108 Å². The van der Waals surface area contributed by atoms with Gasteiger partial charge < -0.3 is 4.74 Å². The molecule has 1 aliphatic rings. The van der Waals surface area contributed by atoms with E-state index >= 15 is 0 Å². The fraction of sp³-hybridized carbons (Fsp3) is 0.538. The molecule has 1 aromatic carbocycles. The van der Waals surface area contributed by atoms with Crippen molar-refractivity contribution in [2.75, 3.05) is 0 Å². The summed E-state index contributed by atoms with van der Waals surface area (Å²) in [6, 6.07) is 5.51. The summed E-state index contributed by atoms with van der Waals surface area (Å²) in [5.74, 6) is 0.772. The summed E-state index contributed by atoms with van der Waals surface area (Å²) in [5.41, 5.74) is 1.83. The van der Waals surface area contributed by atoms with Crippen LogP contribution in [0.25, 0.3) is 0 Å². The number of benzene rings is 1. The number of ether oxygens (including phenoxy) is 1. The molecule has 0 radical (unpaired) electrons. The number of nitrogens with two attached hydrogens (primary N) is 1. The standard InChI is InChI=1S/C13H19NO3S/c1-2-3-4-12-8-11-7-10(9-18(14,15)16)5-6-13(11)17-12/h5-7,12H,2-4,8-9H2,1H3,(H2,14,15,16). The molecule has 0 aliphatic carbocycles. The first-order valence-electron chi connectivity index (χ1n) is 6.27. The number of primary sulfonamides is 1. The molecule has 1 atom stereocenters. The first-order chi connectivity index (χ1) is 8.48. The van der Waals surface area contributed by atoms with Crippen LogP contribution in [0, 0.1) is 0 Å². The van der Waals surface area contributed by atoms with E-state index in [9.17, 15) is 8.42 Å². The molecule has 0 saturated carbocycles. The Balaban J connectivity index is 2.07. The highest BCUT2D eigenvalue weighted by Gasteiger charge is 2.22. The van der Waals surface area contributed by atoms with Crippen molar-refractivity contribution in [3.8, 4) is 5.75 Å². The Kier molecular flexibility index (Phi) is 3.92. The summed E-state index contributed by atoms with van der Waals surface area (Å²) >= 11 is 0. The van der Waals surface area contributed by atoms with Crippen molar-refractivity contribution in [3.63, 3.8) is 0 Å². The SMILES string of the molecule is CCCCC1Cc2cc(CS(N)(=O)=O)ccc2O1. The molecule has 5 heteroatoms. The van der Waals surface area contributed by atoms with Crippen LogP contribution in [0.4, 0.5) is 0 Å². The minimum atomic E-state index is -3.46. The fourth-order valence-corrected chi connectivity index (χ4v) is 2.93. The van der Waals surface area contributed by atoms with Gasteiger partial charge in [-0.2, -0.15) is 0 Å². The minimum absolute atomic E-state index is 0.111. The van der Waals surface area contributed by atoms with E-state index in [-0.39, 0.29) is 11.9 Å². The van der Waals surface area contributed by atoms with E-state index in [1.165, 1.54) is 0 Å². The third-order valence-corrected chi connectivity index (χ3v) is 3.85. The Hall–Kier alpha value is -1.07. The zero-order valence-electron chi connectivity index (χ0n) is 10.6. The van der Waals surface area contributed by atoms with Crippen LogP contribution >= 0.6 is 0 Å². The third-order valence-electron chi connectivity index (χ3n) is 3.11. The molecule has 100 valence electrons. The van der Waals surface area contributed by atoms with E-state index < -0.39 is 10.0 Å². The van der Waals surface area contributed by atoms with Gasteiger partial charge >= 0.3 is 0 Å². The largest absolute Gasteiger partial charge is 0.490 e. The van der Waals surface area contributed by atoms with E-state index in [1.54, 1.807) is 6.07 Å². The van der Waals surface area contributed by atoms with Gasteiger partial charge in [0.1, 0.15) is 11.9 Å². The quantitative estimate of drug-likeness (QED) is 0.888. The van der Waals surface area contributed by atoms with Crippen LogP contribution in [0.15, 0.2) is 18.2 Å². The van der Waals surface area contributed by atoms with E-state index in [0.717, 1.165) is 42.6 Å². The lowest BCUT2D eigenvalue weighted by molar-refractivity contribution is 0.217. The molecule has 0 aromatic heterocycles. The second-order valence-electron chi connectivity index (χ2n) is 4.84. The molecule has 0 amide bonds. The lowest BCUT2D eigenvalue weighted by Gasteiger charge is -2.08. The van der Waals surface area contributed by atoms with Gasteiger partial charge in [0.15, 0.2) is 0 Å². The predicted molar refractivity (Wildman–Crippen MR) is 70.9 cm³/mol. The molecule has 2 N–H and O–H groups in total.